The number of aldehydes is 1. The van der Waals surface area contributed by atoms with Crippen LogP contribution in [0.2, 0.25) is 3.98 Å². The summed E-state index contributed by atoms with van der Waals surface area (Å²) in [5.41, 5.74) is 7.61. The van der Waals surface area contributed by atoms with Crippen LogP contribution in [0.1, 0.15) is 5.56 Å². The summed E-state index contributed by atoms with van der Waals surface area (Å²) in [4.78, 5) is 15.1. The van der Waals surface area contributed by atoms with Crippen LogP contribution in [0.5, 0.6) is 5.75 Å². The minimum absolute atomic E-state index is 0.184. The number of methoxy groups -OCH3 is 1. The number of nitrogens with zero attached hydrogens (tertiary/aromatic N) is 1. The molecule has 0 spiro atoms. The van der Waals surface area contributed by atoms with Crippen molar-refractivity contribution < 1.29 is 9.53 Å². The number of H-pyrrole nitrogens is 1. The van der Waals surface area contributed by atoms with Gasteiger partial charge in [0, 0.05) is 23.6 Å². The van der Waals surface area contributed by atoms with E-state index in [2.05, 4.69) is 36.2 Å². The van der Waals surface area contributed by atoms with Gasteiger partial charge in [-0.2, -0.15) is 0 Å². The van der Waals surface area contributed by atoms with Gasteiger partial charge in [0.2, 0.25) is 0 Å². The van der Waals surface area contributed by atoms with Gasteiger partial charge in [-0.1, -0.05) is 6.07 Å². The quantitative estimate of drug-likeness (QED) is 0.468. The molecule has 0 aliphatic heterocycles. The Labute approximate surface area is 147 Å². The van der Waals surface area contributed by atoms with Crippen LogP contribution in [-0.4, -0.2) is 75.7 Å². The molecule has 0 aliphatic carbocycles. The number of likely N-dealkylation sites (N-methyl/N-ethyl adjacent to an activating group) is 1. The first-order valence-corrected chi connectivity index (χ1v) is 9.91. The fourth-order valence-corrected chi connectivity index (χ4v) is 2.35. The molecule has 2 aromatic rings. The van der Waals surface area contributed by atoms with Gasteiger partial charge in [0.15, 0.2) is 0 Å². The summed E-state index contributed by atoms with van der Waals surface area (Å²) < 4.78 is 6.28. The van der Waals surface area contributed by atoms with Gasteiger partial charge in [-0.3, -0.25) is 0 Å². The molecule has 0 bridgehead atoms. The molecule has 2 rings (SSSR count). The Balaban J connectivity index is 0.000000346. The van der Waals surface area contributed by atoms with Gasteiger partial charge < -0.3 is 14.6 Å². The van der Waals surface area contributed by atoms with Crippen LogP contribution in [0.4, 0.5) is 0 Å². The summed E-state index contributed by atoms with van der Waals surface area (Å²) in [6.07, 6.45) is 3.90. The van der Waals surface area contributed by atoms with Crippen molar-refractivity contribution in [2.75, 3.05) is 27.7 Å². The first-order valence-electron chi connectivity index (χ1n) is 7.16. The van der Waals surface area contributed by atoms with Crippen LogP contribution in [-0.2, 0) is 11.2 Å². The van der Waals surface area contributed by atoms with Gasteiger partial charge >= 0.3 is 52.6 Å². The number of rotatable bonds is 6. The second-order valence-corrected chi connectivity index (χ2v) is 6.84. The normalized spacial score (nSPS) is 11.9. The topological polar surface area (TPSA) is 71.3 Å². The van der Waals surface area contributed by atoms with Gasteiger partial charge in [-0.15, -0.1) is 0 Å². The van der Waals surface area contributed by atoms with E-state index in [1.54, 1.807) is 7.11 Å². The van der Waals surface area contributed by atoms with Crippen molar-refractivity contribution in [2.45, 2.75) is 16.4 Å². The van der Waals surface area contributed by atoms with Gasteiger partial charge in [-0.25, -0.2) is 0 Å². The van der Waals surface area contributed by atoms with Crippen LogP contribution in [0.3, 0.4) is 0 Å². The summed E-state index contributed by atoms with van der Waals surface area (Å²) in [6, 6.07) is 5.91. The molecule has 3 N–H and O–H groups in total. The second kappa shape index (κ2) is 9.96. The molecule has 1 unspecified atom stereocenters. The Morgan fingerprint density at radius 2 is 2.18 bits per heavy atom. The zero-order chi connectivity index (χ0) is 16.5. The van der Waals surface area contributed by atoms with Gasteiger partial charge in [0.1, 0.15) is 5.75 Å². The van der Waals surface area contributed by atoms with Crippen molar-refractivity contribution in [1.29, 1.82) is 0 Å². The number of carbonyl (C=O) groups is 1. The molecule has 1 aromatic carbocycles. The molecule has 1 heterocycles. The Bertz CT molecular complexity index is 584. The maximum absolute atomic E-state index is 9.63. The number of ether oxygens (including phenoxy) is 1. The third kappa shape index (κ3) is 5.69. The van der Waals surface area contributed by atoms with Crippen LogP contribution in [0.15, 0.2) is 24.4 Å². The van der Waals surface area contributed by atoms with E-state index in [-0.39, 0.29) is 6.04 Å². The first kappa shape index (κ1) is 19.1. The van der Waals surface area contributed by atoms with Crippen molar-refractivity contribution >= 4 is 43.0 Å². The number of nitrogens with two attached hydrogens (primary N) is 1. The first-order chi connectivity index (χ1) is 10.5. The van der Waals surface area contributed by atoms with Crippen molar-refractivity contribution in [3.63, 3.8) is 0 Å². The van der Waals surface area contributed by atoms with Gasteiger partial charge in [0.05, 0.1) is 7.11 Å². The van der Waals surface area contributed by atoms with E-state index in [0.717, 1.165) is 60.3 Å². The number of carbonyl (C=O) groups excluding carboxylic acids is 1. The molecule has 0 saturated carbocycles. The Morgan fingerprint density at radius 1 is 1.45 bits per heavy atom. The van der Waals surface area contributed by atoms with Crippen molar-refractivity contribution in [3.05, 3.63) is 30.0 Å². The number of aromatic amines is 1. The predicted octanol–water partition coefficient (Wildman–Crippen LogP) is 1.38. The molecule has 1 atom stereocenters. The Morgan fingerprint density at radius 3 is 2.68 bits per heavy atom. The van der Waals surface area contributed by atoms with E-state index in [1.807, 2.05) is 12.1 Å². The summed E-state index contributed by atoms with van der Waals surface area (Å²) in [7, 11) is 5.90. The van der Waals surface area contributed by atoms with E-state index < -0.39 is 0 Å². The zero-order valence-electron chi connectivity index (χ0n) is 13.4. The summed E-state index contributed by atoms with van der Waals surface area (Å²) in [6.45, 7) is 1.05. The standard InChI is InChI=1S/C13H18N2O.C3H6NO.Pb/c1-15(2)8-7-10-9-14-11-5-4-6-12(16-3)13(10)11;1-3(4)2-5;/h4-6,9,14H,7-8H2,1-3H3;2-3H,1,4H2;. The molecule has 6 heteroatoms. The Hall–Kier alpha value is -0.928. The summed E-state index contributed by atoms with van der Waals surface area (Å²) in [5.74, 6) is 0.951. The monoisotopic (exact) mass is 498 g/mol. The number of aromatic nitrogens is 1. The van der Waals surface area contributed by atoms with E-state index >= 15 is 0 Å². The van der Waals surface area contributed by atoms with Crippen molar-refractivity contribution in [3.8, 4) is 5.75 Å². The molecule has 22 heavy (non-hydrogen) atoms. The predicted molar refractivity (Wildman–Crippen MR) is 91.7 cm³/mol. The fourth-order valence-electron chi connectivity index (χ4n) is 1.98. The van der Waals surface area contributed by atoms with Crippen LogP contribution >= 0.6 is 0 Å². The third-order valence-corrected chi connectivity index (χ3v) is 5.04. The molecule has 3 radical (unpaired) electrons. The number of benzene rings is 1. The van der Waals surface area contributed by atoms with E-state index in [4.69, 9.17) is 10.5 Å². The maximum atomic E-state index is 9.63. The molecule has 0 saturated heterocycles. The minimum atomic E-state index is -0.184. The van der Waals surface area contributed by atoms with E-state index in [0.29, 0.717) is 0 Å². The van der Waals surface area contributed by atoms with Crippen LogP contribution in [0, 0.1) is 0 Å². The molecule has 0 amide bonds. The van der Waals surface area contributed by atoms with Crippen molar-refractivity contribution in [2.24, 2.45) is 5.73 Å². The SMILES string of the molecule is COc1cccc2[nH]cc(CCN(C)C)c12.NC(C=O)[CH2][Pb]. The van der Waals surface area contributed by atoms with Crippen LogP contribution in [0.25, 0.3) is 10.9 Å². The number of hydrogen-bond donors (Lipinski definition) is 2. The molecular formula is C16H24N3O2Pb. The number of hydrogen-bond acceptors (Lipinski definition) is 4. The van der Waals surface area contributed by atoms with Gasteiger partial charge in [-0.05, 0) is 38.2 Å². The molecule has 5 nitrogen and oxygen atoms in total. The third-order valence-electron chi connectivity index (χ3n) is 3.21. The van der Waals surface area contributed by atoms with Crippen LogP contribution < -0.4 is 10.5 Å². The zero-order valence-corrected chi connectivity index (χ0v) is 17.3. The molecule has 119 valence electrons. The average molecular weight is 498 g/mol. The van der Waals surface area contributed by atoms with Crippen molar-refractivity contribution in [1.82, 2.24) is 9.88 Å². The molecule has 0 aliphatic rings. The molecule has 1 aromatic heterocycles. The summed E-state index contributed by atoms with van der Waals surface area (Å²) in [5, 5.41) is 1.21. The number of nitrogens with one attached hydrogen (secondary N) is 1. The van der Waals surface area contributed by atoms with Gasteiger partial charge in [0.25, 0.3) is 0 Å². The average Bonchev–Trinajstić information content (AvgIpc) is 2.95. The summed E-state index contributed by atoms with van der Waals surface area (Å²) >= 11 is 1.03. The number of fused-ring (bicyclic) bond motifs is 1. The second-order valence-electron chi connectivity index (χ2n) is 5.25. The fraction of sp³-hybridized carbons (Fsp3) is 0.438. The van der Waals surface area contributed by atoms with E-state index in [1.165, 1.54) is 10.9 Å². The molecular weight excluding hydrogens is 473 g/mol. The molecule has 0 fully saturated rings. The van der Waals surface area contributed by atoms with E-state index in [9.17, 15) is 4.79 Å². The Kier molecular flexibility index (Phi) is 8.66.